The van der Waals surface area contributed by atoms with Crippen molar-refractivity contribution in [2.24, 2.45) is 0 Å². The standard InChI is InChI=1S/C19H23N5O3/c1-27-19(26)15-4-2-14(3-5-15)18(25)23-9-6-13(7-10-23)17-22-21-16-12-20-8-11-24(16)17/h2-5,13,20H,6-12H2,1H3. The largest absolute Gasteiger partial charge is 0.465 e. The monoisotopic (exact) mass is 369 g/mol. The third kappa shape index (κ3) is 3.44. The molecule has 2 aliphatic rings. The molecule has 1 N–H and O–H groups in total. The van der Waals surface area contributed by atoms with Gasteiger partial charge in [-0.2, -0.15) is 0 Å². The summed E-state index contributed by atoms with van der Waals surface area (Å²) in [6.45, 7) is 4.01. The first-order valence-corrected chi connectivity index (χ1v) is 9.27. The van der Waals surface area contributed by atoms with Crippen molar-refractivity contribution in [3.05, 3.63) is 47.0 Å². The van der Waals surface area contributed by atoms with Gasteiger partial charge in [-0.05, 0) is 37.1 Å². The van der Waals surface area contributed by atoms with E-state index in [-0.39, 0.29) is 5.91 Å². The van der Waals surface area contributed by atoms with Crippen LogP contribution in [0.1, 0.15) is 51.1 Å². The summed E-state index contributed by atoms with van der Waals surface area (Å²) < 4.78 is 6.91. The van der Waals surface area contributed by atoms with Gasteiger partial charge in [-0.1, -0.05) is 0 Å². The number of amides is 1. The van der Waals surface area contributed by atoms with Gasteiger partial charge in [0.05, 0.1) is 19.2 Å². The Bertz CT molecular complexity index is 838. The Hall–Kier alpha value is -2.74. The highest BCUT2D eigenvalue weighted by molar-refractivity contribution is 5.96. The lowest BCUT2D eigenvalue weighted by atomic mass is 9.95. The molecule has 0 spiro atoms. The topological polar surface area (TPSA) is 89.4 Å². The summed E-state index contributed by atoms with van der Waals surface area (Å²) in [5.74, 6) is 2.00. The molecule has 0 aliphatic carbocycles. The van der Waals surface area contributed by atoms with Crippen molar-refractivity contribution >= 4 is 11.9 Å². The van der Waals surface area contributed by atoms with E-state index in [1.165, 1.54) is 7.11 Å². The van der Waals surface area contributed by atoms with Gasteiger partial charge in [-0.15, -0.1) is 10.2 Å². The molecule has 4 rings (SSSR count). The molecule has 1 fully saturated rings. The second-order valence-electron chi connectivity index (χ2n) is 6.94. The minimum atomic E-state index is -0.401. The summed E-state index contributed by atoms with van der Waals surface area (Å²) >= 11 is 0. The molecule has 0 unspecified atom stereocenters. The number of carbonyl (C=O) groups is 2. The fourth-order valence-electron chi connectivity index (χ4n) is 3.81. The predicted molar refractivity (Wildman–Crippen MR) is 97.4 cm³/mol. The Labute approximate surface area is 157 Å². The summed E-state index contributed by atoms with van der Waals surface area (Å²) in [5.41, 5.74) is 1.03. The van der Waals surface area contributed by atoms with Crippen molar-refractivity contribution in [2.45, 2.75) is 31.8 Å². The lowest BCUT2D eigenvalue weighted by Crippen LogP contribution is -2.39. The molecule has 8 heteroatoms. The molecule has 0 atom stereocenters. The van der Waals surface area contributed by atoms with E-state index in [2.05, 4.69) is 24.8 Å². The predicted octanol–water partition coefficient (Wildman–Crippen LogP) is 1.19. The maximum Gasteiger partial charge on any atom is 0.337 e. The Balaban J connectivity index is 1.39. The van der Waals surface area contributed by atoms with Crippen LogP contribution in [0.5, 0.6) is 0 Å². The first kappa shape index (κ1) is 17.7. The molecule has 1 saturated heterocycles. The molecular weight excluding hydrogens is 346 g/mol. The first-order valence-electron chi connectivity index (χ1n) is 9.27. The summed E-state index contributed by atoms with van der Waals surface area (Å²) in [4.78, 5) is 26.1. The molecule has 1 amide bonds. The van der Waals surface area contributed by atoms with Gasteiger partial charge >= 0.3 is 5.97 Å². The SMILES string of the molecule is COC(=O)c1ccc(C(=O)N2CCC(c3nnc4n3CCNC4)CC2)cc1. The maximum atomic E-state index is 12.7. The zero-order valence-corrected chi connectivity index (χ0v) is 15.4. The van der Waals surface area contributed by atoms with E-state index >= 15 is 0 Å². The number of hydrogen-bond acceptors (Lipinski definition) is 6. The fourth-order valence-corrected chi connectivity index (χ4v) is 3.81. The molecule has 142 valence electrons. The van der Waals surface area contributed by atoms with Gasteiger partial charge in [0.25, 0.3) is 5.91 Å². The average Bonchev–Trinajstić information content (AvgIpc) is 3.17. The summed E-state index contributed by atoms with van der Waals surface area (Å²) in [5, 5.41) is 12.0. The molecule has 8 nitrogen and oxygen atoms in total. The lowest BCUT2D eigenvalue weighted by Gasteiger charge is -2.32. The third-order valence-corrected chi connectivity index (χ3v) is 5.35. The summed E-state index contributed by atoms with van der Waals surface area (Å²) in [6.07, 6.45) is 1.77. The molecule has 1 aromatic carbocycles. The first-order chi connectivity index (χ1) is 13.2. The Kier molecular flexibility index (Phi) is 4.89. The Morgan fingerprint density at radius 3 is 2.48 bits per heavy atom. The highest BCUT2D eigenvalue weighted by Crippen LogP contribution is 2.28. The zero-order chi connectivity index (χ0) is 18.8. The second-order valence-corrected chi connectivity index (χ2v) is 6.94. The number of carbonyl (C=O) groups excluding carboxylic acids is 2. The van der Waals surface area contributed by atoms with Gasteiger partial charge in [-0.3, -0.25) is 4.79 Å². The van der Waals surface area contributed by atoms with E-state index < -0.39 is 5.97 Å². The van der Waals surface area contributed by atoms with Crippen molar-refractivity contribution in [2.75, 3.05) is 26.7 Å². The van der Waals surface area contributed by atoms with Gasteiger partial charge < -0.3 is 19.5 Å². The molecule has 3 heterocycles. The minimum absolute atomic E-state index is 0.00246. The number of hydrogen-bond donors (Lipinski definition) is 1. The molecule has 1 aromatic heterocycles. The number of benzene rings is 1. The van der Waals surface area contributed by atoms with Crippen LogP contribution in [0.25, 0.3) is 0 Å². The Morgan fingerprint density at radius 1 is 1.07 bits per heavy atom. The van der Waals surface area contributed by atoms with Gasteiger partial charge in [-0.25, -0.2) is 4.79 Å². The van der Waals surface area contributed by atoms with Crippen LogP contribution in [0.4, 0.5) is 0 Å². The van der Waals surface area contributed by atoms with Gasteiger partial charge in [0, 0.05) is 37.7 Å². The van der Waals surface area contributed by atoms with Crippen LogP contribution in [0.15, 0.2) is 24.3 Å². The normalized spacial score (nSPS) is 17.4. The van der Waals surface area contributed by atoms with Crippen LogP contribution in [-0.4, -0.2) is 58.3 Å². The fraction of sp³-hybridized carbons (Fsp3) is 0.474. The highest BCUT2D eigenvalue weighted by atomic mass is 16.5. The zero-order valence-electron chi connectivity index (χ0n) is 15.4. The van der Waals surface area contributed by atoms with Crippen molar-refractivity contribution in [1.29, 1.82) is 0 Å². The number of fused-ring (bicyclic) bond motifs is 1. The van der Waals surface area contributed by atoms with Crippen molar-refractivity contribution in [3.8, 4) is 0 Å². The number of ether oxygens (including phenoxy) is 1. The highest BCUT2D eigenvalue weighted by Gasteiger charge is 2.29. The van der Waals surface area contributed by atoms with Crippen LogP contribution in [-0.2, 0) is 17.8 Å². The molecule has 27 heavy (non-hydrogen) atoms. The van der Waals surface area contributed by atoms with E-state index in [1.807, 2.05) is 4.90 Å². The van der Waals surface area contributed by atoms with Crippen LogP contribution < -0.4 is 5.32 Å². The Morgan fingerprint density at radius 2 is 1.78 bits per heavy atom. The smallest absolute Gasteiger partial charge is 0.337 e. The number of piperidine rings is 1. The van der Waals surface area contributed by atoms with Gasteiger partial charge in [0.15, 0.2) is 0 Å². The number of rotatable bonds is 3. The van der Waals surface area contributed by atoms with E-state index in [1.54, 1.807) is 24.3 Å². The van der Waals surface area contributed by atoms with Crippen molar-refractivity contribution in [1.82, 2.24) is 25.0 Å². The van der Waals surface area contributed by atoms with Crippen LogP contribution in [0.2, 0.25) is 0 Å². The number of aromatic nitrogens is 3. The number of nitrogens with zero attached hydrogens (tertiary/aromatic N) is 4. The quantitative estimate of drug-likeness (QED) is 0.818. The van der Waals surface area contributed by atoms with Crippen molar-refractivity contribution < 1.29 is 14.3 Å². The average molecular weight is 369 g/mol. The van der Waals surface area contributed by atoms with E-state index in [4.69, 9.17) is 0 Å². The summed E-state index contributed by atoms with van der Waals surface area (Å²) in [7, 11) is 1.34. The van der Waals surface area contributed by atoms with E-state index in [9.17, 15) is 9.59 Å². The summed E-state index contributed by atoms with van der Waals surface area (Å²) in [6, 6.07) is 6.62. The number of methoxy groups -OCH3 is 1. The molecule has 2 aromatic rings. The van der Waals surface area contributed by atoms with Crippen LogP contribution >= 0.6 is 0 Å². The minimum Gasteiger partial charge on any atom is -0.465 e. The molecular formula is C19H23N5O3. The van der Waals surface area contributed by atoms with Crippen molar-refractivity contribution in [3.63, 3.8) is 0 Å². The molecule has 2 aliphatic heterocycles. The van der Waals surface area contributed by atoms with E-state index in [0.717, 1.165) is 44.1 Å². The molecule has 0 saturated carbocycles. The van der Waals surface area contributed by atoms with E-state index in [0.29, 0.717) is 30.1 Å². The number of nitrogens with one attached hydrogen (secondary N) is 1. The number of esters is 1. The lowest BCUT2D eigenvalue weighted by molar-refractivity contribution is 0.0599. The molecule has 0 radical (unpaired) electrons. The number of likely N-dealkylation sites (tertiary alicyclic amines) is 1. The van der Waals surface area contributed by atoms with Gasteiger partial charge in [0.1, 0.15) is 11.6 Å². The third-order valence-electron chi connectivity index (χ3n) is 5.35. The van der Waals surface area contributed by atoms with Crippen LogP contribution in [0.3, 0.4) is 0 Å². The maximum absolute atomic E-state index is 12.7. The second kappa shape index (κ2) is 7.48. The van der Waals surface area contributed by atoms with Crippen LogP contribution in [0, 0.1) is 0 Å². The molecule has 0 bridgehead atoms. The van der Waals surface area contributed by atoms with Gasteiger partial charge in [0.2, 0.25) is 0 Å².